The van der Waals surface area contributed by atoms with E-state index in [2.05, 4.69) is 19.4 Å². The molecule has 0 unspecified atom stereocenters. The fourth-order valence-electron chi connectivity index (χ4n) is 0.116. The average Bonchev–Trinajstić information content (AvgIpc) is 1.69. The van der Waals surface area contributed by atoms with Crippen LogP contribution >= 0.6 is 0 Å². The lowest BCUT2D eigenvalue weighted by Gasteiger charge is -1.93. The van der Waals surface area contributed by atoms with Gasteiger partial charge in [0.05, 0.1) is 14.2 Å². The maximum Gasteiger partial charge on any atom is 0.506 e. The molecule has 7 heavy (non-hydrogen) atoms. The van der Waals surface area contributed by atoms with Gasteiger partial charge in [-0.2, -0.15) is 0 Å². The van der Waals surface area contributed by atoms with Crippen LogP contribution in [0.4, 0.5) is 0 Å². The first-order valence-corrected chi connectivity index (χ1v) is 1.73. The monoisotopic (exact) mass is 106 g/mol. The van der Waals surface area contributed by atoms with Crippen molar-refractivity contribution in [3.8, 4) is 0 Å². The molecule has 0 bridgehead atoms. The number of hydrogen-bond acceptors (Lipinski definition) is 4. The second-order valence-corrected chi connectivity index (χ2v) is 0.687. The Labute approximate surface area is 42.5 Å². The minimum absolute atomic E-state index is 0.00694. The Morgan fingerprint density at radius 1 is 1.00 bits per heavy atom. The summed E-state index contributed by atoms with van der Waals surface area (Å²) in [7, 11) is 2.77. The van der Waals surface area contributed by atoms with Crippen molar-refractivity contribution < 1.29 is 19.4 Å². The Balaban J connectivity index is 2.45. The Bertz CT molecular complexity index is 28.9. The topological polar surface area (TPSA) is 36.9 Å². The second-order valence-electron chi connectivity index (χ2n) is 0.687. The Hall–Kier alpha value is -0.0951. The Kier molecular flexibility index (Phi) is 5.82. The standard InChI is InChI=1S/C2H7BO4/c1-4-6-3-7-5-2/h3H,1-2H3. The average molecular weight is 106 g/mol. The van der Waals surface area contributed by atoms with Gasteiger partial charge in [0, 0.05) is 0 Å². The molecule has 0 aliphatic heterocycles. The van der Waals surface area contributed by atoms with Crippen LogP contribution in [0, 0.1) is 0 Å². The van der Waals surface area contributed by atoms with Crippen molar-refractivity contribution >= 4 is 7.69 Å². The molecule has 0 aliphatic rings. The van der Waals surface area contributed by atoms with Crippen LogP contribution in [0.5, 0.6) is 0 Å². The number of rotatable bonds is 4. The first-order chi connectivity index (χ1) is 3.41. The summed E-state index contributed by atoms with van der Waals surface area (Å²) in [6.07, 6.45) is 0. The normalized spacial score (nSPS) is 8.86. The van der Waals surface area contributed by atoms with Gasteiger partial charge in [0.2, 0.25) is 0 Å². The van der Waals surface area contributed by atoms with E-state index in [1.807, 2.05) is 0 Å². The van der Waals surface area contributed by atoms with Gasteiger partial charge in [-0.15, -0.1) is 0 Å². The predicted octanol–water partition coefficient (Wildman–Crippen LogP) is -0.591. The first-order valence-electron chi connectivity index (χ1n) is 1.73. The van der Waals surface area contributed by atoms with Gasteiger partial charge in [-0.05, 0) is 0 Å². The summed E-state index contributed by atoms with van der Waals surface area (Å²) in [5.74, 6) is 0. The van der Waals surface area contributed by atoms with Gasteiger partial charge in [0.25, 0.3) is 0 Å². The zero-order chi connectivity index (χ0) is 5.54. The summed E-state index contributed by atoms with van der Waals surface area (Å²) in [5.41, 5.74) is 0. The van der Waals surface area contributed by atoms with Crippen molar-refractivity contribution in [2.24, 2.45) is 0 Å². The van der Waals surface area contributed by atoms with Gasteiger partial charge in [-0.1, -0.05) is 0 Å². The van der Waals surface area contributed by atoms with E-state index in [9.17, 15) is 0 Å². The van der Waals surface area contributed by atoms with Crippen LogP contribution in [0.3, 0.4) is 0 Å². The third-order valence-electron chi connectivity index (χ3n) is 0.332. The van der Waals surface area contributed by atoms with Crippen LogP contribution in [0.25, 0.3) is 0 Å². The van der Waals surface area contributed by atoms with E-state index in [0.717, 1.165) is 0 Å². The summed E-state index contributed by atoms with van der Waals surface area (Å²) in [4.78, 5) is 16.7. The van der Waals surface area contributed by atoms with Gasteiger partial charge in [0.1, 0.15) is 0 Å². The van der Waals surface area contributed by atoms with Gasteiger partial charge in [0.15, 0.2) is 0 Å². The molecule has 0 heterocycles. The first kappa shape index (κ1) is 6.90. The predicted molar refractivity (Wildman–Crippen MR) is 23.3 cm³/mol. The minimum atomic E-state index is -0.00694. The molecule has 0 aliphatic carbocycles. The third-order valence-corrected chi connectivity index (χ3v) is 0.332. The highest BCUT2D eigenvalue weighted by atomic mass is 17.3. The molecular formula is C2H7BO4. The summed E-state index contributed by atoms with van der Waals surface area (Å²) in [5, 5.41) is 0. The van der Waals surface area contributed by atoms with E-state index in [-0.39, 0.29) is 7.69 Å². The fourth-order valence-corrected chi connectivity index (χ4v) is 0.116. The molecule has 0 fully saturated rings. The molecule has 0 aromatic heterocycles. The van der Waals surface area contributed by atoms with Crippen LogP contribution in [0.1, 0.15) is 0 Å². The Morgan fingerprint density at radius 2 is 1.43 bits per heavy atom. The lowest BCUT2D eigenvalue weighted by atomic mass is 10.4. The molecule has 0 saturated carbocycles. The highest BCUT2D eigenvalue weighted by Crippen LogP contribution is 1.70. The number of hydrogen-bond donors (Lipinski definition) is 0. The molecule has 0 N–H and O–H groups in total. The third kappa shape index (κ3) is 5.90. The van der Waals surface area contributed by atoms with Crippen molar-refractivity contribution in [1.82, 2.24) is 0 Å². The van der Waals surface area contributed by atoms with E-state index in [0.29, 0.717) is 0 Å². The molecule has 0 rings (SSSR count). The molecule has 0 saturated heterocycles. The highest BCUT2D eigenvalue weighted by molar-refractivity contribution is 6.16. The molecule has 0 spiro atoms. The molecule has 0 aromatic carbocycles. The van der Waals surface area contributed by atoms with Crippen molar-refractivity contribution in [3.05, 3.63) is 0 Å². The van der Waals surface area contributed by atoms with E-state index >= 15 is 0 Å². The van der Waals surface area contributed by atoms with E-state index in [1.165, 1.54) is 14.2 Å². The lowest BCUT2D eigenvalue weighted by Crippen LogP contribution is -2.01. The minimum Gasteiger partial charge on any atom is -0.266 e. The summed E-state index contributed by atoms with van der Waals surface area (Å²) >= 11 is 0. The molecule has 42 valence electrons. The van der Waals surface area contributed by atoms with Crippen molar-refractivity contribution in [2.45, 2.75) is 0 Å². The largest absolute Gasteiger partial charge is 0.506 e. The molecule has 0 amide bonds. The molecule has 4 nitrogen and oxygen atoms in total. The van der Waals surface area contributed by atoms with Gasteiger partial charge >= 0.3 is 7.69 Å². The van der Waals surface area contributed by atoms with E-state index in [1.54, 1.807) is 0 Å². The SMILES string of the molecule is COOBOOC. The van der Waals surface area contributed by atoms with Crippen LogP contribution < -0.4 is 0 Å². The van der Waals surface area contributed by atoms with Crippen LogP contribution in [0.2, 0.25) is 0 Å². The Morgan fingerprint density at radius 3 is 1.71 bits per heavy atom. The van der Waals surface area contributed by atoms with Crippen molar-refractivity contribution in [3.63, 3.8) is 0 Å². The van der Waals surface area contributed by atoms with Crippen molar-refractivity contribution in [2.75, 3.05) is 14.2 Å². The zero-order valence-corrected chi connectivity index (χ0v) is 4.34. The van der Waals surface area contributed by atoms with Crippen molar-refractivity contribution in [1.29, 1.82) is 0 Å². The molecule has 0 atom stereocenters. The fraction of sp³-hybridized carbons (Fsp3) is 1.00. The quantitative estimate of drug-likeness (QED) is 0.207. The van der Waals surface area contributed by atoms with E-state index in [4.69, 9.17) is 0 Å². The van der Waals surface area contributed by atoms with E-state index < -0.39 is 0 Å². The van der Waals surface area contributed by atoms with Gasteiger partial charge in [-0.3, -0.25) is 19.4 Å². The smallest absolute Gasteiger partial charge is 0.266 e. The zero-order valence-electron chi connectivity index (χ0n) is 4.34. The van der Waals surface area contributed by atoms with Crippen LogP contribution in [-0.4, -0.2) is 21.9 Å². The van der Waals surface area contributed by atoms with Crippen LogP contribution in [0.15, 0.2) is 0 Å². The lowest BCUT2D eigenvalue weighted by molar-refractivity contribution is -0.248. The highest BCUT2D eigenvalue weighted by Gasteiger charge is 1.86. The summed E-state index contributed by atoms with van der Waals surface area (Å²) in [6.45, 7) is 0. The van der Waals surface area contributed by atoms with Gasteiger partial charge < -0.3 is 0 Å². The maximum absolute atomic E-state index is 4.23. The maximum atomic E-state index is 4.23. The summed E-state index contributed by atoms with van der Waals surface area (Å²) < 4.78 is 0. The molecule has 0 aromatic rings. The molecule has 5 heteroatoms. The molecular weight excluding hydrogens is 98.8 g/mol. The van der Waals surface area contributed by atoms with Crippen LogP contribution in [-0.2, 0) is 19.4 Å². The summed E-state index contributed by atoms with van der Waals surface area (Å²) in [6, 6.07) is 0. The second kappa shape index (κ2) is 5.90. The molecule has 0 radical (unpaired) electrons. The van der Waals surface area contributed by atoms with Gasteiger partial charge in [-0.25, -0.2) is 0 Å².